The van der Waals surface area contributed by atoms with Crippen LogP contribution in [0.5, 0.6) is 0 Å². The summed E-state index contributed by atoms with van der Waals surface area (Å²) in [6.07, 6.45) is 6.34. The molecule has 126 valence electrons. The Balaban J connectivity index is 1.60. The summed E-state index contributed by atoms with van der Waals surface area (Å²) < 4.78 is 2.10. The molecule has 1 N–H and O–H groups in total. The Hall–Kier alpha value is -2.10. The molecule has 0 saturated carbocycles. The highest BCUT2D eigenvalue weighted by atomic mass is 16.1. The number of aromatic nitrogens is 2. The summed E-state index contributed by atoms with van der Waals surface area (Å²) in [5, 5.41) is 7.90. The van der Waals surface area contributed by atoms with Gasteiger partial charge in [-0.2, -0.15) is 5.10 Å². The maximum atomic E-state index is 11.7. The van der Waals surface area contributed by atoms with Gasteiger partial charge in [0.05, 0.1) is 18.3 Å². The van der Waals surface area contributed by atoms with Gasteiger partial charge in [-0.1, -0.05) is 18.2 Å². The minimum absolute atomic E-state index is 0.125. The van der Waals surface area contributed by atoms with E-state index in [1.54, 1.807) is 0 Å². The van der Waals surface area contributed by atoms with Crippen LogP contribution in [-0.2, 0) is 24.2 Å². The lowest BCUT2D eigenvalue weighted by Gasteiger charge is -2.23. The van der Waals surface area contributed by atoms with Crippen LogP contribution in [0, 0.1) is 13.8 Å². The standard InChI is InChI=1S/C20H25N3O/c1-13-20(18-7-4-8-19(24)21-18)14(2)23(22-13)12-15-9-10-16-5-3-6-17(16)11-15/h9-11,18H,3-8,12H2,1-2H3,(H,21,24)/t18-/m1/s1. The van der Waals surface area contributed by atoms with Crippen LogP contribution in [0.3, 0.4) is 0 Å². The molecule has 0 bridgehead atoms. The molecule has 4 nitrogen and oxygen atoms in total. The number of hydrogen-bond donors (Lipinski definition) is 1. The van der Waals surface area contributed by atoms with Gasteiger partial charge in [-0.15, -0.1) is 0 Å². The summed E-state index contributed by atoms with van der Waals surface area (Å²) in [7, 11) is 0. The van der Waals surface area contributed by atoms with E-state index in [1.807, 2.05) is 0 Å². The molecule has 1 atom stereocenters. The largest absolute Gasteiger partial charge is 0.349 e. The Morgan fingerprint density at radius 2 is 2.00 bits per heavy atom. The van der Waals surface area contributed by atoms with Crippen LogP contribution in [0.25, 0.3) is 0 Å². The molecule has 1 aromatic heterocycles. The molecule has 1 aromatic carbocycles. The molecule has 24 heavy (non-hydrogen) atoms. The van der Waals surface area contributed by atoms with Crippen LogP contribution in [0.2, 0.25) is 0 Å². The summed E-state index contributed by atoms with van der Waals surface area (Å²) >= 11 is 0. The lowest BCUT2D eigenvalue weighted by atomic mass is 9.96. The number of rotatable bonds is 3. The average Bonchev–Trinajstić information content (AvgIpc) is 3.12. The van der Waals surface area contributed by atoms with E-state index >= 15 is 0 Å². The second-order valence-corrected chi connectivity index (χ2v) is 7.21. The Bertz CT molecular complexity index is 790. The number of hydrogen-bond acceptors (Lipinski definition) is 2. The number of carbonyl (C=O) groups is 1. The van der Waals surface area contributed by atoms with Crippen molar-refractivity contribution in [2.75, 3.05) is 0 Å². The zero-order valence-corrected chi connectivity index (χ0v) is 14.6. The summed E-state index contributed by atoms with van der Waals surface area (Å²) in [5.74, 6) is 0.163. The first-order chi connectivity index (χ1) is 11.6. The third-order valence-electron chi connectivity index (χ3n) is 5.51. The molecule has 1 aliphatic carbocycles. The number of fused-ring (bicyclic) bond motifs is 1. The van der Waals surface area contributed by atoms with Crippen molar-refractivity contribution in [3.63, 3.8) is 0 Å². The molecule has 1 amide bonds. The minimum atomic E-state index is 0.125. The monoisotopic (exact) mass is 323 g/mol. The van der Waals surface area contributed by atoms with Crippen LogP contribution in [0.4, 0.5) is 0 Å². The van der Waals surface area contributed by atoms with Gasteiger partial charge in [0.15, 0.2) is 0 Å². The van der Waals surface area contributed by atoms with Crippen molar-refractivity contribution in [1.82, 2.24) is 15.1 Å². The first-order valence-electron chi connectivity index (χ1n) is 9.06. The van der Waals surface area contributed by atoms with Gasteiger partial charge in [0.25, 0.3) is 0 Å². The van der Waals surface area contributed by atoms with Gasteiger partial charge in [0.1, 0.15) is 0 Å². The first kappa shape index (κ1) is 15.4. The second-order valence-electron chi connectivity index (χ2n) is 7.21. The smallest absolute Gasteiger partial charge is 0.220 e. The highest BCUT2D eigenvalue weighted by Crippen LogP contribution is 2.29. The zero-order valence-electron chi connectivity index (χ0n) is 14.6. The van der Waals surface area contributed by atoms with Crippen molar-refractivity contribution in [1.29, 1.82) is 0 Å². The van der Waals surface area contributed by atoms with Crippen molar-refractivity contribution in [3.05, 3.63) is 51.8 Å². The van der Waals surface area contributed by atoms with E-state index in [0.717, 1.165) is 25.1 Å². The molecule has 1 fully saturated rings. The fourth-order valence-electron chi connectivity index (χ4n) is 4.29. The SMILES string of the molecule is Cc1nn(Cc2ccc3c(c2)CCC3)c(C)c1[C@H]1CCCC(=O)N1. The number of nitrogens with zero attached hydrogens (tertiary/aromatic N) is 2. The van der Waals surface area contributed by atoms with Gasteiger partial charge >= 0.3 is 0 Å². The molecular formula is C20H25N3O. The number of nitrogens with one attached hydrogen (secondary N) is 1. The molecule has 4 heteroatoms. The van der Waals surface area contributed by atoms with E-state index in [4.69, 9.17) is 5.10 Å². The van der Waals surface area contributed by atoms with E-state index in [-0.39, 0.29) is 11.9 Å². The van der Waals surface area contributed by atoms with Gasteiger partial charge in [0.2, 0.25) is 5.91 Å². The van der Waals surface area contributed by atoms with Crippen LogP contribution < -0.4 is 5.32 Å². The Kier molecular flexibility index (Phi) is 3.91. The molecule has 0 spiro atoms. The van der Waals surface area contributed by atoms with Gasteiger partial charge in [0, 0.05) is 17.7 Å². The van der Waals surface area contributed by atoms with Gasteiger partial charge in [-0.25, -0.2) is 0 Å². The predicted octanol–water partition coefficient (Wildman–Crippen LogP) is 3.38. The summed E-state index contributed by atoms with van der Waals surface area (Å²) in [4.78, 5) is 11.7. The molecule has 2 aliphatic rings. The summed E-state index contributed by atoms with van der Waals surface area (Å²) in [6, 6.07) is 7.00. The van der Waals surface area contributed by atoms with Crippen molar-refractivity contribution in [2.45, 2.75) is 65.0 Å². The molecule has 4 rings (SSSR count). The summed E-state index contributed by atoms with van der Waals surface area (Å²) in [5.41, 5.74) is 7.78. The third kappa shape index (κ3) is 2.74. The minimum Gasteiger partial charge on any atom is -0.349 e. The molecule has 0 unspecified atom stereocenters. The number of piperidine rings is 1. The average molecular weight is 323 g/mol. The second kappa shape index (κ2) is 6.08. The number of aryl methyl sites for hydroxylation is 3. The maximum absolute atomic E-state index is 11.7. The molecule has 0 radical (unpaired) electrons. The van der Waals surface area contributed by atoms with Crippen LogP contribution >= 0.6 is 0 Å². The van der Waals surface area contributed by atoms with Crippen LogP contribution in [0.15, 0.2) is 18.2 Å². The quantitative estimate of drug-likeness (QED) is 0.941. The van der Waals surface area contributed by atoms with E-state index in [2.05, 4.69) is 42.0 Å². The highest BCUT2D eigenvalue weighted by Gasteiger charge is 2.25. The number of benzene rings is 1. The van der Waals surface area contributed by atoms with Gasteiger partial charge in [-0.05, 0) is 62.6 Å². The highest BCUT2D eigenvalue weighted by molar-refractivity contribution is 5.77. The number of amides is 1. The molecular weight excluding hydrogens is 298 g/mol. The van der Waals surface area contributed by atoms with E-state index < -0.39 is 0 Å². The first-order valence-corrected chi connectivity index (χ1v) is 9.06. The van der Waals surface area contributed by atoms with Crippen molar-refractivity contribution < 1.29 is 4.79 Å². The van der Waals surface area contributed by atoms with Crippen molar-refractivity contribution in [3.8, 4) is 0 Å². The molecule has 1 aliphatic heterocycles. The van der Waals surface area contributed by atoms with Gasteiger partial charge in [-0.3, -0.25) is 9.48 Å². The molecule has 2 aromatic rings. The fraction of sp³-hybridized carbons (Fsp3) is 0.500. The Morgan fingerprint density at radius 1 is 1.17 bits per heavy atom. The lowest BCUT2D eigenvalue weighted by molar-refractivity contribution is -0.123. The maximum Gasteiger partial charge on any atom is 0.220 e. The van der Waals surface area contributed by atoms with E-state index in [1.165, 1.54) is 47.2 Å². The van der Waals surface area contributed by atoms with Crippen LogP contribution in [-0.4, -0.2) is 15.7 Å². The zero-order chi connectivity index (χ0) is 16.7. The normalized spacial score (nSPS) is 20.1. The molecule has 1 saturated heterocycles. The lowest BCUT2D eigenvalue weighted by Crippen LogP contribution is -2.33. The third-order valence-corrected chi connectivity index (χ3v) is 5.51. The van der Waals surface area contributed by atoms with Crippen LogP contribution in [0.1, 0.15) is 65.4 Å². The van der Waals surface area contributed by atoms with E-state index in [0.29, 0.717) is 6.42 Å². The summed E-state index contributed by atoms with van der Waals surface area (Å²) in [6.45, 7) is 4.99. The fourth-order valence-corrected chi connectivity index (χ4v) is 4.29. The van der Waals surface area contributed by atoms with Crippen molar-refractivity contribution in [2.24, 2.45) is 0 Å². The Morgan fingerprint density at radius 3 is 2.83 bits per heavy atom. The van der Waals surface area contributed by atoms with Gasteiger partial charge < -0.3 is 5.32 Å². The predicted molar refractivity (Wildman–Crippen MR) is 94.0 cm³/mol. The van der Waals surface area contributed by atoms with E-state index in [9.17, 15) is 4.79 Å². The number of carbonyl (C=O) groups excluding carboxylic acids is 1. The van der Waals surface area contributed by atoms with Crippen molar-refractivity contribution >= 4 is 5.91 Å². The Labute approximate surface area is 143 Å². The topological polar surface area (TPSA) is 46.9 Å². The molecule has 2 heterocycles.